The van der Waals surface area contributed by atoms with Crippen LogP contribution in [-0.2, 0) is 0 Å². The molecule has 166 valence electrons. The molecule has 1 unspecified atom stereocenters. The molecular weight excluding hydrogens is 426 g/mol. The normalized spacial score (nSPS) is 17.6. The molecule has 0 bridgehead atoms. The van der Waals surface area contributed by atoms with Crippen LogP contribution in [0.1, 0.15) is 19.3 Å². The Bertz CT molecular complexity index is 1140. The van der Waals surface area contributed by atoms with E-state index in [1.165, 1.54) is 19.4 Å². The van der Waals surface area contributed by atoms with E-state index in [1.807, 2.05) is 30.3 Å². The molecule has 0 amide bonds. The Morgan fingerprint density at radius 2 is 1.97 bits per heavy atom. The number of fused-ring (bicyclic) bond motifs is 1. The Labute approximate surface area is 192 Å². The maximum absolute atomic E-state index is 10.5. The number of rotatable bonds is 6. The molecule has 2 aliphatic rings. The van der Waals surface area contributed by atoms with Crippen molar-refractivity contribution in [1.29, 1.82) is 0 Å². The van der Waals surface area contributed by atoms with Crippen LogP contribution in [0.5, 0.6) is 17.2 Å². The van der Waals surface area contributed by atoms with Gasteiger partial charge in [0.05, 0.1) is 5.69 Å². The van der Waals surface area contributed by atoms with E-state index in [2.05, 4.69) is 17.3 Å². The number of likely N-dealkylation sites (tertiary alicyclic amines) is 1. The lowest BCUT2D eigenvalue weighted by Crippen LogP contribution is -2.27. The summed E-state index contributed by atoms with van der Waals surface area (Å²) in [6.07, 6.45) is 3.56. The van der Waals surface area contributed by atoms with Gasteiger partial charge in [0, 0.05) is 23.2 Å². The lowest BCUT2D eigenvalue weighted by molar-refractivity contribution is 0.174. The van der Waals surface area contributed by atoms with Crippen molar-refractivity contribution >= 4 is 17.4 Å². The third-order valence-electron chi connectivity index (χ3n) is 6.22. The predicted octanol–water partition coefficient (Wildman–Crippen LogP) is 5.40. The van der Waals surface area contributed by atoms with E-state index in [0.717, 1.165) is 41.4 Å². The Morgan fingerprint density at radius 1 is 1.09 bits per heavy atom. The SMILES string of the molecule is CN1CCCC1CCNc1cc(-c2ccc3c(c2)OCO3)cc(-c2cc(Cl)ccc2O)n1. The third kappa shape index (κ3) is 4.33. The van der Waals surface area contributed by atoms with Gasteiger partial charge in [-0.1, -0.05) is 17.7 Å². The molecule has 2 aromatic carbocycles. The van der Waals surface area contributed by atoms with Gasteiger partial charge in [0.15, 0.2) is 11.5 Å². The van der Waals surface area contributed by atoms with Crippen LogP contribution in [-0.4, -0.2) is 48.0 Å². The molecule has 3 heterocycles. The van der Waals surface area contributed by atoms with Crippen molar-refractivity contribution in [3.8, 4) is 39.6 Å². The molecule has 0 saturated carbocycles. The summed E-state index contributed by atoms with van der Waals surface area (Å²) in [4.78, 5) is 7.21. The number of pyridine rings is 1. The summed E-state index contributed by atoms with van der Waals surface area (Å²) in [6.45, 7) is 2.23. The molecule has 1 atom stereocenters. The van der Waals surface area contributed by atoms with E-state index >= 15 is 0 Å². The fourth-order valence-corrected chi connectivity index (χ4v) is 4.60. The zero-order chi connectivity index (χ0) is 22.1. The third-order valence-corrected chi connectivity index (χ3v) is 6.46. The Morgan fingerprint density at radius 3 is 2.81 bits per heavy atom. The highest BCUT2D eigenvalue weighted by molar-refractivity contribution is 6.31. The van der Waals surface area contributed by atoms with E-state index in [-0.39, 0.29) is 12.5 Å². The van der Waals surface area contributed by atoms with Gasteiger partial charge in [-0.25, -0.2) is 4.98 Å². The summed E-state index contributed by atoms with van der Waals surface area (Å²) >= 11 is 6.21. The lowest BCUT2D eigenvalue weighted by atomic mass is 10.0. The van der Waals surface area contributed by atoms with Crippen LogP contribution in [0.15, 0.2) is 48.5 Å². The van der Waals surface area contributed by atoms with Crippen molar-refractivity contribution in [1.82, 2.24) is 9.88 Å². The number of hydrogen-bond acceptors (Lipinski definition) is 6. The number of nitrogens with one attached hydrogen (secondary N) is 1. The lowest BCUT2D eigenvalue weighted by Gasteiger charge is -2.19. The number of aromatic hydroxyl groups is 1. The molecule has 32 heavy (non-hydrogen) atoms. The van der Waals surface area contributed by atoms with Gasteiger partial charge in [0.2, 0.25) is 6.79 Å². The highest BCUT2D eigenvalue weighted by Crippen LogP contribution is 2.38. The van der Waals surface area contributed by atoms with Gasteiger partial charge in [-0.15, -0.1) is 0 Å². The Kier molecular flexibility index (Phi) is 5.81. The van der Waals surface area contributed by atoms with Gasteiger partial charge in [-0.2, -0.15) is 0 Å². The fraction of sp³-hybridized carbons (Fsp3) is 0.320. The minimum absolute atomic E-state index is 0.142. The average molecular weight is 452 g/mol. The van der Waals surface area contributed by atoms with Crippen LogP contribution in [0.25, 0.3) is 22.4 Å². The summed E-state index contributed by atoms with van der Waals surface area (Å²) in [5, 5.41) is 14.5. The molecule has 7 heteroatoms. The number of anilines is 1. The molecule has 2 aliphatic heterocycles. The monoisotopic (exact) mass is 451 g/mol. The first kappa shape index (κ1) is 20.9. The number of phenolic OH excluding ortho intramolecular Hbond substituents is 1. The van der Waals surface area contributed by atoms with Crippen LogP contribution in [0.3, 0.4) is 0 Å². The smallest absolute Gasteiger partial charge is 0.231 e. The standard InChI is InChI=1S/C25H26ClN3O3/c1-29-10-2-3-19(29)8-9-27-25-13-17(16-4-7-23-24(12-16)32-15-31-23)11-21(28-25)20-14-18(26)5-6-22(20)30/h4-7,11-14,19,30H,2-3,8-10,15H2,1H3,(H,27,28). The van der Waals surface area contributed by atoms with E-state index in [1.54, 1.807) is 18.2 Å². The number of nitrogens with zero attached hydrogens (tertiary/aromatic N) is 2. The Balaban J connectivity index is 1.48. The van der Waals surface area contributed by atoms with Crippen molar-refractivity contribution in [3.63, 3.8) is 0 Å². The second-order valence-corrected chi connectivity index (χ2v) is 8.78. The largest absolute Gasteiger partial charge is 0.507 e. The quantitative estimate of drug-likeness (QED) is 0.523. The second kappa shape index (κ2) is 8.88. The minimum Gasteiger partial charge on any atom is -0.507 e. The van der Waals surface area contributed by atoms with Gasteiger partial charge in [-0.3, -0.25) is 0 Å². The van der Waals surface area contributed by atoms with E-state index in [0.29, 0.717) is 22.3 Å². The molecule has 1 aromatic heterocycles. The number of halogens is 1. The van der Waals surface area contributed by atoms with Gasteiger partial charge >= 0.3 is 0 Å². The minimum atomic E-state index is 0.142. The summed E-state index contributed by atoms with van der Waals surface area (Å²) in [7, 11) is 2.19. The van der Waals surface area contributed by atoms with E-state index in [9.17, 15) is 5.11 Å². The first-order chi connectivity index (χ1) is 15.6. The number of ether oxygens (including phenoxy) is 2. The predicted molar refractivity (Wildman–Crippen MR) is 127 cm³/mol. The number of phenols is 1. The van der Waals surface area contributed by atoms with E-state index < -0.39 is 0 Å². The molecule has 6 nitrogen and oxygen atoms in total. The van der Waals surface area contributed by atoms with Crippen LogP contribution >= 0.6 is 11.6 Å². The van der Waals surface area contributed by atoms with Crippen molar-refractivity contribution in [3.05, 3.63) is 53.6 Å². The molecule has 1 fully saturated rings. The summed E-state index contributed by atoms with van der Waals surface area (Å²) in [6, 6.07) is 15.5. The highest BCUT2D eigenvalue weighted by atomic mass is 35.5. The van der Waals surface area contributed by atoms with E-state index in [4.69, 9.17) is 26.1 Å². The van der Waals surface area contributed by atoms with Crippen LogP contribution < -0.4 is 14.8 Å². The molecule has 0 aliphatic carbocycles. The first-order valence-electron chi connectivity index (χ1n) is 10.9. The molecule has 0 spiro atoms. The summed E-state index contributed by atoms with van der Waals surface area (Å²) < 4.78 is 11.0. The number of aromatic nitrogens is 1. The first-order valence-corrected chi connectivity index (χ1v) is 11.3. The molecular formula is C25H26ClN3O3. The fourth-order valence-electron chi connectivity index (χ4n) is 4.43. The van der Waals surface area contributed by atoms with Crippen molar-refractivity contribution in [2.24, 2.45) is 0 Å². The van der Waals surface area contributed by atoms with Gasteiger partial charge in [0.25, 0.3) is 0 Å². The number of benzene rings is 2. The maximum Gasteiger partial charge on any atom is 0.231 e. The summed E-state index contributed by atoms with van der Waals surface area (Å²) in [5.41, 5.74) is 3.20. The zero-order valence-corrected chi connectivity index (χ0v) is 18.7. The molecule has 2 N–H and O–H groups in total. The van der Waals surface area contributed by atoms with Crippen LogP contribution in [0.4, 0.5) is 5.82 Å². The molecule has 3 aromatic rings. The van der Waals surface area contributed by atoms with Gasteiger partial charge in [-0.05, 0) is 86.4 Å². The van der Waals surface area contributed by atoms with Gasteiger partial charge in [0.1, 0.15) is 11.6 Å². The van der Waals surface area contributed by atoms with Crippen LogP contribution in [0, 0.1) is 0 Å². The van der Waals surface area contributed by atoms with Gasteiger partial charge < -0.3 is 24.8 Å². The van der Waals surface area contributed by atoms with Crippen LogP contribution in [0.2, 0.25) is 5.02 Å². The highest BCUT2D eigenvalue weighted by Gasteiger charge is 2.20. The average Bonchev–Trinajstić information content (AvgIpc) is 3.43. The topological polar surface area (TPSA) is 66.9 Å². The second-order valence-electron chi connectivity index (χ2n) is 8.35. The molecule has 5 rings (SSSR count). The summed E-state index contributed by atoms with van der Waals surface area (Å²) in [5.74, 6) is 2.37. The van der Waals surface area contributed by atoms with Crippen molar-refractivity contribution < 1.29 is 14.6 Å². The molecule has 0 radical (unpaired) electrons. The maximum atomic E-state index is 10.5. The van der Waals surface area contributed by atoms with Crippen molar-refractivity contribution in [2.75, 3.05) is 32.2 Å². The Hall–Kier alpha value is -2.96. The van der Waals surface area contributed by atoms with Crippen molar-refractivity contribution in [2.45, 2.75) is 25.3 Å². The zero-order valence-electron chi connectivity index (χ0n) is 18.0. The molecule has 1 saturated heterocycles. The number of hydrogen-bond donors (Lipinski definition) is 2.